The van der Waals surface area contributed by atoms with E-state index in [-0.39, 0.29) is 6.04 Å². The molecule has 1 unspecified atom stereocenters. The SMILES string of the molecule is C[C@@H](NCC(C#N)C(F)(F)F)c1ccco1. The van der Waals surface area contributed by atoms with Crippen LogP contribution >= 0.6 is 0 Å². The Hall–Kier alpha value is -1.48. The summed E-state index contributed by atoms with van der Waals surface area (Å²) in [5.41, 5.74) is 0. The second kappa shape index (κ2) is 5.03. The number of alkyl halides is 3. The van der Waals surface area contributed by atoms with Gasteiger partial charge in [-0.25, -0.2) is 0 Å². The van der Waals surface area contributed by atoms with Crippen LogP contribution in [0.2, 0.25) is 0 Å². The van der Waals surface area contributed by atoms with Gasteiger partial charge >= 0.3 is 6.18 Å². The van der Waals surface area contributed by atoms with Crippen molar-refractivity contribution in [3.8, 4) is 6.07 Å². The first kappa shape index (κ1) is 12.6. The van der Waals surface area contributed by atoms with Crippen molar-refractivity contribution in [1.29, 1.82) is 5.26 Å². The van der Waals surface area contributed by atoms with E-state index in [2.05, 4.69) is 5.32 Å². The van der Waals surface area contributed by atoms with Gasteiger partial charge in [-0.2, -0.15) is 18.4 Å². The zero-order valence-electron chi connectivity index (χ0n) is 8.58. The van der Waals surface area contributed by atoms with Gasteiger partial charge in [0.25, 0.3) is 0 Å². The molecule has 0 saturated heterocycles. The molecule has 0 amide bonds. The standard InChI is InChI=1S/C10H11F3N2O/c1-7(9-3-2-4-16-9)15-6-8(5-14)10(11,12)13/h2-4,7-8,15H,6H2,1H3/t7-,8?/m1/s1. The number of rotatable bonds is 4. The monoisotopic (exact) mass is 232 g/mol. The molecule has 0 aliphatic carbocycles. The topological polar surface area (TPSA) is 49.0 Å². The molecule has 2 atom stereocenters. The van der Waals surface area contributed by atoms with Gasteiger partial charge in [0.15, 0.2) is 5.92 Å². The van der Waals surface area contributed by atoms with Gasteiger partial charge in [0.05, 0.1) is 18.4 Å². The normalized spacial score (nSPS) is 15.4. The Labute approximate surface area is 90.9 Å². The Morgan fingerprint density at radius 1 is 1.56 bits per heavy atom. The van der Waals surface area contributed by atoms with Gasteiger partial charge < -0.3 is 9.73 Å². The van der Waals surface area contributed by atoms with Crippen molar-refractivity contribution < 1.29 is 17.6 Å². The highest BCUT2D eigenvalue weighted by molar-refractivity contribution is 5.03. The predicted molar refractivity (Wildman–Crippen MR) is 50.3 cm³/mol. The summed E-state index contributed by atoms with van der Waals surface area (Å²) in [7, 11) is 0. The largest absolute Gasteiger partial charge is 0.468 e. The maximum absolute atomic E-state index is 12.2. The Bertz CT molecular complexity index is 353. The molecule has 1 aromatic rings. The molecule has 0 spiro atoms. The maximum atomic E-state index is 12.2. The summed E-state index contributed by atoms with van der Waals surface area (Å²) in [6, 6.07) is 4.18. The Morgan fingerprint density at radius 3 is 2.69 bits per heavy atom. The lowest BCUT2D eigenvalue weighted by atomic mass is 10.1. The van der Waals surface area contributed by atoms with Crippen LogP contribution in [-0.2, 0) is 0 Å². The number of nitrogens with one attached hydrogen (secondary N) is 1. The maximum Gasteiger partial charge on any atom is 0.405 e. The molecular weight excluding hydrogens is 221 g/mol. The molecule has 0 aliphatic rings. The second-order valence-electron chi connectivity index (χ2n) is 3.37. The van der Waals surface area contributed by atoms with Crippen LogP contribution in [0.1, 0.15) is 18.7 Å². The summed E-state index contributed by atoms with van der Waals surface area (Å²) < 4.78 is 41.7. The lowest BCUT2D eigenvalue weighted by molar-refractivity contribution is -0.158. The van der Waals surface area contributed by atoms with Crippen LogP contribution in [0.15, 0.2) is 22.8 Å². The third-order valence-corrected chi connectivity index (χ3v) is 2.15. The van der Waals surface area contributed by atoms with Gasteiger partial charge in [-0.05, 0) is 19.1 Å². The first-order valence-electron chi connectivity index (χ1n) is 4.68. The fourth-order valence-electron chi connectivity index (χ4n) is 1.17. The lowest BCUT2D eigenvalue weighted by Gasteiger charge is -2.16. The highest BCUT2D eigenvalue weighted by atomic mass is 19.4. The number of furan rings is 1. The number of hydrogen-bond donors (Lipinski definition) is 1. The van der Waals surface area contributed by atoms with Crippen LogP contribution < -0.4 is 5.32 Å². The van der Waals surface area contributed by atoms with E-state index in [4.69, 9.17) is 9.68 Å². The lowest BCUT2D eigenvalue weighted by Crippen LogP contribution is -2.33. The highest BCUT2D eigenvalue weighted by Crippen LogP contribution is 2.25. The first-order valence-corrected chi connectivity index (χ1v) is 4.68. The molecule has 0 bridgehead atoms. The molecule has 3 nitrogen and oxygen atoms in total. The van der Waals surface area contributed by atoms with E-state index in [1.54, 1.807) is 19.1 Å². The minimum atomic E-state index is -4.50. The summed E-state index contributed by atoms with van der Waals surface area (Å²) >= 11 is 0. The van der Waals surface area contributed by atoms with E-state index >= 15 is 0 Å². The summed E-state index contributed by atoms with van der Waals surface area (Å²) in [5.74, 6) is -1.45. The predicted octanol–water partition coefficient (Wildman–Crippen LogP) is 2.63. The van der Waals surface area contributed by atoms with Crippen LogP contribution in [0.4, 0.5) is 13.2 Å². The zero-order chi connectivity index (χ0) is 12.2. The molecule has 0 fully saturated rings. The van der Waals surface area contributed by atoms with E-state index in [9.17, 15) is 13.2 Å². The van der Waals surface area contributed by atoms with E-state index in [0.29, 0.717) is 5.76 Å². The van der Waals surface area contributed by atoms with Crippen molar-refractivity contribution in [3.63, 3.8) is 0 Å². The molecule has 0 aromatic carbocycles. The van der Waals surface area contributed by atoms with Crippen LogP contribution in [0.3, 0.4) is 0 Å². The molecule has 0 radical (unpaired) electrons. The van der Waals surface area contributed by atoms with Crippen LogP contribution in [-0.4, -0.2) is 12.7 Å². The van der Waals surface area contributed by atoms with Crippen LogP contribution in [0, 0.1) is 17.2 Å². The molecule has 0 aliphatic heterocycles. The Balaban J connectivity index is 2.48. The number of hydrogen-bond acceptors (Lipinski definition) is 3. The summed E-state index contributed by atoms with van der Waals surface area (Å²) in [4.78, 5) is 0. The summed E-state index contributed by atoms with van der Waals surface area (Å²) in [6.45, 7) is 1.23. The number of nitriles is 1. The second-order valence-corrected chi connectivity index (χ2v) is 3.37. The van der Waals surface area contributed by atoms with Crippen molar-refractivity contribution in [1.82, 2.24) is 5.32 Å². The highest BCUT2D eigenvalue weighted by Gasteiger charge is 2.39. The number of nitrogens with zero attached hydrogens (tertiary/aromatic N) is 1. The van der Waals surface area contributed by atoms with Gasteiger partial charge in [-0.1, -0.05) is 0 Å². The fourth-order valence-corrected chi connectivity index (χ4v) is 1.17. The van der Waals surface area contributed by atoms with Crippen molar-refractivity contribution in [3.05, 3.63) is 24.2 Å². The molecular formula is C10H11F3N2O. The van der Waals surface area contributed by atoms with E-state index in [1.165, 1.54) is 12.3 Å². The average Bonchev–Trinajstić information content (AvgIpc) is 2.68. The van der Waals surface area contributed by atoms with Crippen molar-refractivity contribution in [2.75, 3.05) is 6.54 Å². The molecule has 6 heteroatoms. The fraction of sp³-hybridized carbons (Fsp3) is 0.500. The molecule has 1 heterocycles. The number of halogens is 3. The molecule has 88 valence electrons. The van der Waals surface area contributed by atoms with E-state index in [1.807, 2.05) is 0 Å². The zero-order valence-corrected chi connectivity index (χ0v) is 8.58. The molecule has 0 saturated carbocycles. The smallest absolute Gasteiger partial charge is 0.405 e. The average molecular weight is 232 g/mol. The van der Waals surface area contributed by atoms with Gasteiger partial charge in [0.2, 0.25) is 0 Å². The molecule has 1 aromatic heterocycles. The van der Waals surface area contributed by atoms with Crippen LogP contribution in [0.25, 0.3) is 0 Å². The van der Waals surface area contributed by atoms with E-state index < -0.39 is 18.6 Å². The molecule has 1 rings (SSSR count). The van der Waals surface area contributed by atoms with Crippen molar-refractivity contribution in [2.45, 2.75) is 19.1 Å². The molecule has 1 N–H and O–H groups in total. The van der Waals surface area contributed by atoms with Gasteiger partial charge in [0, 0.05) is 6.54 Å². The van der Waals surface area contributed by atoms with Crippen molar-refractivity contribution >= 4 is 0 Å². The van der Waals surface area contributed by atoms with Gasteiger partial charge in [-0.15, -0.1) is 0 Å². The third-order valence-electron chi connectivity index (χ3n) is 2.15. The summed E-state index contributed by atoms with van der Waals surface area (Å²) in [5, 5.41) is 11.0. The quantitative estimate of drug-likeness (QED) is 0.868. The van der Waals surface area contributed by atoms with Gasteiger partial charge in [-0.3, -0.25) is 0 Å². The molecule has 16 heavy (non-hydrogen) atoms. The summed E-state index contributed by atoms with van der Waals surface area (Å²) in [6.07, 6.45) is -3.05. The minimum Gasteiger partial charge on any atom is -0.468 e. The van der Waals surface area contributed by atoms with Crippen molar-refractivity contribution in [2.24, 2.45) is 5.92 Å². The van der Waals surface area contributed by atoms with Crippen LogP contribution in [0.5, 0.6) is 0 Å². The first-order chi connectivity index (χ1) is 7.45. The van der Waals surface area contributed by atoms with Gasteiger partial charge in [0.1, 0.15) is 5.76 Å². The Kier molecular flexibility index (Phi) is 3.96. The third kappa shape index (κ3) is 3.28. The minimum absolute atomic E-state index is 0.354. The Morgan fingerprint density at radius 2 is 2.25 bits per heavy atom. The van der Waals surface area contributed by atoms with E-state index in [0.717, 1.165) is 0 Å².